The number of aromatic nitrogens is 1. The van der Waals surface area contributed by atoms with Gasteiger partial charge in [0.15, 0.2) is 0 Å². The Balaban J connectivity index is 1.13. The quantitative estimate of drug-likeness (QED) is 0.480. The van der Waals surface area contributed by atoms with Gasteiger partial charge in [-0.25, -0.2) is 4.98 Å². The number of nitrogens with zero attached hydrogens (tertiary/aromatic N) is 5. The Bertz CT molecular complexity index is 1010. The number of rotatable bonds is 7. The number of unbranched alkanes of at least 4 members (excludes halogenated alkanes) is 1. The number of piperazine rings is 1. The highest BCUT2D eigenvalue weighted by molar-refractivity contribution is 6.23. The van der Waals surface area contributed by atoms with Crippen molar-refractivity contribution in [1.29, 1.82) is 0 Å². The first-order valence-corrected chi connectivity index (χ1v) is 12.3. The number of imide groups is 1. The van der Waals surface area contributed by atoms with Crippen LogP contribution < -0.4 is 9.80 Å². The summed E-state index contributed by atoms with van der Waals surface area (Å²) in [5.74, 6) is 0.387. The Hall–Kier alpha value is -2.93. The maximum atomic E-state index is 13.2. The van der Waals surface area contributed by atoms with E-state index < -0.39 is 0 Å². The summed E-state index contributed by atoms with van der Waals surface area (Å²) < 4.78 is 0. The summed E-state index contributed by atoms with van der Waals surface area (Å²) in [5, 5.41) is 0. The maximum Gasteiger partial charge on any atom is 0.265 e. The molecule has 0 bridgehead atoms. The second-order valence-electron chi connectivity index (χ2n) is 9.34. The number of amides is 2. The molecule has 7 heteroatoms. The van der Waals surface area contributed by atoms with Crippen molar-refractivity contribution in [2.24, 2.45) is 0 Å². The highest BCUT2D eigenvalue weighted by Crippen LogP contribution is 2.32. The average molecular weight is 448 g/mol. The zero-order valence-electron chi connectivity index (χ0n) is 19.5. The molecule has 0 atom stereocenters. The minimum absolute atomic E-state index is 0.155. The van der Waals surface area contributed by atoms with Gasteiger partial charge >= 0.3 is 0 Å². The predicted octanol–water partition coefficient (Wildman–Crippen LogP) is 3.19. The zero-order valence-corrected chi connectivity index (χ0v) is 19.5. The largest absolute Gasteiger partial charge is 0.369 e. The zero-order chi connectivity index (χ0) is 22.8. The summed E-state index contributed by atoms with van der Waals surface area (Å²) in [6.45, 7) is 9.36. The van der Waals surface area contributed by atoms with Crippen LogP contribution in [0.5, 0.6) is 0 Å². The van der Waals surface area contributed by atoms with Crippen molar-refractivity contribution in [2.45, 2.75) is 32.6 Å². The smallest absolute Gasteiger partial charge is 0.265 e. The maximum absolute atomic E-state index is 13.2. The third kappa shape index (κ3) is 4.47. The van der Waals surface area contributed by atoms with Gasteiger partial charge in [-0.15, -0.1) is 0 Å². The predicted molar refractivity (Wildman–Crippen MR) is 130 cm³/mol. The van der Waals surface area contributed by atoms with E-state index in [2.05, 4.69) is 50.0 Å². The van der Waals surface area contributed by atoms with E-state index in [4.69, 9.17) is 0 Å². The molecule has 33 heavy (non-hydrogen) atoms. The van der Waals surface area contributed by atoms with Crippen molar-refractivity contribution in [1.82, 2.24) is 14.8 Å². The summed E-state index contributed by atoms with van der Waals surface area (Å²) in [7, 11) is 0. The van der Waals surface area contributed by atoms with Crippen LogP contribution >= 0.6 is 0 Å². The van der Waals surface area contributed by atoms with Crippen LogP contribution in [-0.4, -0.2) is 79.0 Å². The van der Waals surface area contributed by atoms with Crippen LogP contribution in [0, 0.1) is 6.92 Å². The number of pyridine rings is 1. The van der Waals surface area contributed by atoms with Gasteiger partial charge in [-0.3, -0.25) is 19.4 Å². The number of carbonyl (C=O) groups excluding carboxylic acids is 2. The van der Waals surface area contributed by atoms with Gasteiger partial charge in [-0.1, -0.05) is 18.2 Å². The van der Waals surface area contributed by atoms with Crippen LogP contribution in [0.2, 0.25) is 0 Å². The van der Waals surface area contributed by atoms with E-state index in [-0.39, 0.29) is 11.8 Å². The molecule has 0 N–H and O–H groups in total. The van der Waals surface area contributed by atoms with Crippen LogP contribution in [0.3, 0.4) is 0 Å². The lowest BCUT2D eigenvalue weighted by Crippen LogP contribution is -2.46. The highest BCUT2D eigenvalue weighted by Gasteiger charge is 2.39. The van der Waals surface area contributed by atoms with Crippen LogP contribution in [0.4, 0.5) is 11.5 Å². The van der Waals surface area contributed by atoms with E-state index >= 15 is 0 Å². The molecular formula is C26H33N5O2. The Kier molecular flexibility index (Phi) is 6.31. The number of benzene rings is 1. The highest BCUT2D eigenvalue weighted by atomic mass is 16.2. The number of para-hydroxylation sites is 1. The van der Waals surface area contributed by atoms with Gasteiger partial charge in [0.1, 0.15) is 5.82 Å². The van der Waals surface area contributed by atoms with Crippen molar-refractivity contribution in [2.75, 3.05) is 62.2 Å². The van der Waals surface area contributed by atoms with Gasteiger partial charge in [0.2, 0.25) is 0 Å². The van der Waals surface area contributed by atoms with E-state index in [0.717, 1.165) is 77.2 Å². The van der Waals surface area contributed by atoms with E-state index in [9.17, 15) is 9.59 Å². The van der Waals surface area contributed by atoms with Crippen molar-refractivity contribution < 1.29 is 9.59 Å². The first kappa shape index (κ1) is 21.9. The van der Waals surface area contributed by atoms with E-state index in [1.807, 2.05) is 6.92 Å². The average Bonchev–Trinajstić information content (AvgIpc) is 3.46. The van der Waals surface area contributed by atoms with Gasteiger partial charge in [0, 0.05) is 57.2 Å². The molecular weight excluding hydrogens is 414 g/mol. The molecule has 0 aliphatic carbocycles. The molecule has 7 nitrogen and oxygen atoms in total. The number of anilines is 2. The molecule has 4 heterocycles. The van der Waals surface area contributed by atoms with Crippen molar-refractivity contribution in [3.63, 3.8) is 0 Å². The molecule has 1 aromatic carbocycles. The van der Waals surface area contributed by atoms with Gasteiger partial charge in [-0.05, 0) is 57.4 Å². The molecule has 2 fully saturated rings. The summed E-state index contributed by atoms with van der Waals surface area (Å²) >= 11 is 0. The number of aryl methyl sites for hydroxylation is 1. The molecule has 3 aliphatic heterocycles. The molecule has 174 valence electrons. The standard InChI is InChI=1S/C26H33N5O2/c1-20-19-22-23(24(27-20)30-12-6-7-13-30)26(33)31(25(22)32)14-8-5-11-28-15-17-29(18-16-28)21-9-3-2-4-10-21/h2-4,9-10,19H,5-8,11-18H2,1H3. The first-order chi connectivity index (χ1) is 16.1. The Morgan fingerprint density at radius 3 is 2.24 bits per heavy atom. The van der Waals surface area contributed by atoms with Crippen LogP contribution in [0.15, 0.2) is 36.4 Å². The lowest BCUT2D eigenvalue weighted by Gasteiger charge is -2.36. The van der Waals surface area contributed by atoms with Gasteiger partial charge in [-0.2, -0.15) is 0 Å². The van der Waals surface area contributed by atoms with Crippen molar-refractivity contribution in [3.8, 4) is 0 Å². The third-order valence-electron chi connectivity index (χ3n) is 7.07. The second kappa shape index (κ2) is 9.51. The molecule has 3 aliphatic rings. The fourth-order valence-electron chi connectivity index (χ4n) is 5.24. The summed E-state index contributed by atoms with van der Waals surface area (Å²) in [4.78, 5) is 39.4. The summed E-state index contributed by atoms with van der Waals surface area (Å²) in [6, 6.07) is 12.4. The monoisotopic (exact) mass is 447 g/mol. The summed E-state index contributed by atoms with van der Waals surface area (Å²) in [6.07, 6.45) is 4.02. The molecule has 2 aromatic rings. The molecule has 2 amide bonds. The Morgan fingerprint density at radius 2 is 1.52 bits per heavy atom. The Labute approximate surface area is 196 Å². The van der Waals surface area contributed by atoms with E-state index in [1.165, 1.54) is 10.6 Å². The van der Waals surface area contributed by atoms with Gasteiger partial charge in [0.25, 0.3) is 11.8 Å². The lowest BCUT2D eigenvalue weighted by atomic mass is 10.1. The SMILES string of the molecule is Cc1cc2c(c(N3CCCC3)n1)C(=O)N(CCCCN1CCN(c3ccccc3)CC1)C2=O. The molecule has 0 radical (unpaired) electrons. The fraction of sp³-hybridized carbons (Fsp3) is 0.500. The Morgan fingerprint density at radius 1 is 0.818 bits per heavy atom. The van der Waals surface area contributed by atoms with Crippen molar-refractivity contribution >= 4 is 23.3 Å². The molecule has 5 rings (SSSR count). The van der Waals surface area contributed by atoms with Crippen LogP contribution in [0.1, 0.15) is 52.1 Å². The number of hydrogen-bond donors (Lipinski definition) is 0. The molecule has 1 aromatic heterocycles. The minimum Gasteiger partial charge on any atom is -0.369 e. The van der Waals surface area contributed by atoms with E-state index in [0.29, 0.717) is 23.5 Å². The molecule has 0 saturated carbocycles. The number of fused-ring (bicyclic) bond motifs is 1. The number of carbonyl (C=O) groups is 2. The molecule has 0 spiro atoms. The lowest BCUT2D eigenvalue weighted by molar-refractivity contribution is 0.0650. The van der Waals surface area contributed by atoms with Crippen LogP contribution in [-0.2, 0) is 0 Å². The van der Waals surface area contributed by atoms with E-state index in [1.54, 1.807) is 6.07 Å². The molecule has 0 unspecified atom stereocenters. The fourth-order valence-corrected chi connectivity index (χ4v) is 5.24. The normalized spacial score (nSPS) is 19.0. The summed E-state index contributed by atoms with van der Waals surface area (Å²) in [5.41, 5.74) is 3.14. The van der Waals surface area contributed by atoms with Crippen LogP contribution in [0.25, 0.3) is 0 Å². The van der Waals surface area contributed by atoms with Gasteiger partial charge in [0.05, 0.1) is 11.1 Å². The molecule has 2 saturated heterocycles. The van der Waals surface area contributed by atoms with Crippen molar-refractivity contribution in [3.05, 3.63) is 53.2 Å². The second-order valence-corrected chi connectivity index (χ2v) is 9.34. The first-order valence-electron chi connectivity index (χ1n) is 12.3. The third-order valence-corrected chi connectivity index (χ3v) is 7.07. The number of hydrogen-bond acceptors (Lipinski definition) is 6. The minimum atomic E-state index is -0.166. The topological polar surface area (TPSA) is 60.0 Å². The van der Waals surface area contributed by atoms with Gasteiger partial charge < -0.3 is 9.80 Å².